The van der Waals surface area contributed by atoms with Crippen LogP contribution in [0.3, 0.4) is 0 Å². The number of hydrogen-bond donors (Lipinski definition) is 0. The predicted octanol–water partition coefficient (Wildman–Crippen LogP) is 1.69. The number of amides is 2. The van der Waals surface area contributed by atoms with E-state index in [-0.39, 0.29) is 11.8 Å². The molecule has 3 heteroatoms. The first-order valence-corrected chi connectivity index (χ1v) is 4.95. The van der Waals surface area contributed by atoms with Crippen LogP contribution in [-0.4, -0.2) is 22.3 Å². The molecule has 1 aromatic carbocycles. The highest BCUT2D eigenvalue weighted by Crippen LogP contribution is 2.28. The Kier molecular flexibility index (Phi) is 2.09. The molecule has 0 atom stereocenters. The third-order valence-electron chi connectivity index (χ3n) is 2.71. The van der Waals surface area contributed by atoms with Crippen molar-refractivity contribution in [3.8, 4) is 12.3 Å². The number of imide groups is 1. The average Bonchev–Trinajstić information content (AvgIpc) is 2.53. The molecule has 1 heterocycles. The Morgan fingerprint density at radius 2 is 1.56 bits per heavy atom. The van der Waals surface area contributed by atoms with Gasteiger partial charge in [-0.3, -0.25) is 14.5 Å². The fourth-order valence-corrected chi connectivity index (χ4v) is 1.76. The van der Waals surface area contributed by atoms with Gasteiger partial charge in [-0.25, -0.2) is 0 Å². The molecule has 3 nitrogen and oxygen atoms in total. The Bertz CT molecular complexity index is 488. The lowest BCUT2D eigenvalue weighted by molar-refractivity contribution is 0.0552. The Hall–Kier alpha value is -2.08. The van der Waals surface area contributed by atoms with Crippen LogP contribution >= 0.6 is 0 Å². The van der Waals surface area contributed by atoms with E-state index in [0.717, 1.165) is 4.90 Å². The molecule has 0 radical (unpaired) electrons. The summed E-state index contributed by atoms with van der Waals surface area (Å²) >= 11 is 0. The maximum atomic E-state index is 12.0. The Balaban J connectivity index is 2.56. The summed E-state index contributed by atoms with van der Waals surface area (Å²) in [5.74, 6) is 1.83. The van der Waals surface area contributed by atoms with E-state index in [0.29, 0.717) is 11.1 Å². The number of fused-ring (bicyclic) bond motifs is 1. The lowest BCUT2D eigenvalue weighted by Gasteiger charge is -2.28. The zero-order valence-corrected chi connectivity index (χ0v) is 9.15. The molecule has 0 aliphatic carbocycles. The van der Waals surface area contributed by atoms with Crippen molar-refractivity contribution in [1.29, 1.82) is 0 Å². The third-order valence-corrected chi connectivity index (χ3v) is 2.71. The van der Waals surface area contributed by atoms with Crippen molar-refractivity contribution < 1.29 is 9.59 Å². The molecule has 0 N–H and O–H groups in total. The molecule has 0 fully saturated rings. The van der Waals surface area contributed by atoms with Crippen molar-refractivity contribution in [3.05, 3.63) is 35.4 Å². The van der Waals surface area contributed by atoms with E-state index in [1.54, 1.807) is 38.1 Å². The second-order valence-electron chi connectivity index (χ2n) is 4.19. The molecule has 0 bridgehead atoms. The molecule has 16 heavy (non-hydrogen) atoms. The van der Waals surface area contributed by atoms with Gasteiger partial charge in [0.15, 0.2) is 0 Å². The van der Waals surface area contributed by atoms with Crippen LogP contribution in [0, 0.1) is 12.3 Å². The quantitative estimate of drug-likeness (QED) is 0.526. The fraction of sp³-hybridized carbons (Fsp3) is 0.231. The summed E-state index contributed by atoms with van der Waals surface area (Å²) in [6.07, 6.45) is 5.35. The second kappa shape index (κ2) is 3.21. The normalized spacial score (nSPS) is 14.9. The SMILES string of the molecule is C#CC(C)(C)N1C(=O)c2ccccc2C1=O. The molecule has 2 rings (SSSR count). The molecule has 0 saturated heterocycles. The van der Waals surface area contributed by atoms with Crippen LogP contribution in [0.4, 0.5) is 0 Å². The van der Waals surface area contributed by atoms with Gasteiger partial charge in [0.05, 0.1) is 11.1 Å². The summed E-state index contributed by atoms with van der Waals surface area (Å²) in [5, 5.41) is 0. The van der Waals surface area contributed by atoms with Crippen molar-refractivity contribution in [1.82, 2.24) is 4.90 Å². The van der Waals surface area contributed by atoms with E-state index in [1.165, 1.54) is 0 Å². The summed E-state index contributed by atoms with van der Waals surface area (Å²) in [6, 6.07) is 6.75. The van der Waals surface area contributed by atoms with E-state index in [2.05, 4.69) is 5.92 Å². The Morgan fingerprint density at radius 1 is 1.12 bits per heavy atom. The number of terminal acetylenes is 1. The van der Waals surface area contributed by atoms with Crippen molar-refractivity contribution in [2.75, 3.05) is 0 Å². The highest BCUT2D eigenvalue weighted by atomic mass is 16.2. The number of carbonyl (C=O) groups is 2. The van der Waals surface area contributed by atoms with Gasteiger partial charge in [0.25, 0.3) is 11.8 Å². The van der Waals surface area contributed by atoms with Gasteiger partial charge in [-0.1, -0.05) is 18.1 Å². The van der Waals surface area contributed by atoms with Gasteiger partial charge in [-0.05, 0) is 26.0 Å². The van der Waals surface area contributed by atoms with Gasteiger partial charge in [0.1, 0.15) is 5.54 Å². The van der Waals surface area contributed by atoms with Crippen LogP contribution in [0.2, 0.25) is 0 Å². The first-order chi connectivity index (χ1) is 7.49. The zero-order chi connectivity index (χ0) is 11.9. The third kappa shape index (κ3) is 1.24. The minimum atomic E-state index is -0.896. The Morgan fingerprint density at radius 3 is 1.94 bits per heavy atom. The zero-order valence-electron chi connectivity index (χ0n) is 9.15. The van der Waals surface area contributed by atoms with E-state index in [9.17, 15) is 9.59 Å². The van der Waals surface area contributed by atoms with Gasteiger partial charge < -0.3 is 0 Å². The first-order valence-electron chi connectivity index (χ1n) is 4.95. The molecule has 80 valence electrons. The number of hydrogen-bond acceptors (Lipinski definition) is 2. The highest BCUT2D eigenvalue weighted by Gasteiger charge is 2.42. The number of benzene rings is 1. The van der Waals surface area contributed by atoms with E-state index in [1.807, 2.05) is 0 Å². The maximum Gasteiger partial charge on any atom is 0.262 e. The lowest BCUT2D eigenvalue weighted by Crippen LogP contribution is -2.46. The smallest absolute Gasteiger partial charge is 0.262 e. The lowest BCUT2D eigenvalue weighted by atomic mass is 10.0. The summed E-state index contributed by atoms with van der Waals surface area (Å²) in [5.41, 5.74) is -0.0423. The van der Waals surface area contributed by atoms with Crippen LogP contribution in [0.5, 0.6) is 0 Å². The summed E-state index contributed by atoms with van der Waals surface area (Å²) in [4.78, 5) is 25.2. The molecule has 0 saturated carbocycles. The molecular weight excluding hydrogens is 202 g/mol. The summed E-state index contributed by atoms with van der Waals surface area (Å²) in [6.45, 7) is 3.35. The van der Waals surface area contributed by atoms with Crippen molar-refractivity contribution in [2.24, 2.45) is 0 Å². The van der Waals surface area contributed by atoms with Gasteiger partial charge in [0.2, 0.25) is 0 Å². The number of nitrogens with zero attached hydrogens (tertiary/aromatic N) is 1. The van der Waals surface area contributed by atoms with Gasteiger partial charge in [-0.15, -0.1) is 6.42 Å². The Labute approximate surface area is 94.1 Å². The monoisotopic (exact) mass is 213 g/mol. The second-order valence-corrected chi connectivity index (χ2v) is 4.19. The molecule has 1 aliphatic heterocycles. The van der Waals surface area contributed by atoms with Crippen molar-refractivity contribution in [2.45, 2.75) is 19.4 Å². The van der Waals surface area contributed by atoms with Crippen molar-refractivity contribution in [3.63, 3.8) is 0 Å². The van der Waals surface area contributed by atoms with Crippen LogP contribution in [0.15, 0.2) is 24.3 Å². The minimum Gasteiger partial charge on any atom is -0.269 e. The molecule has 0 aromatic heterocycles. The molecular formula is C13H11NO2. The summed E-state index contributed by atoms with van der Waals surface area (Å²) in [7, 11) is 0. The van der Waals surface area contributed by atoms with Crippen LogP contribution in [0.25, 0.3) is 0 Å². The van der Waals surface area contributed by atoms with Gasteiger partial charge in [-0.2, -0.15) is 0 Å². The van der Waals surface area contributed by atoms with E-state index in [4.69, 9.17) is 6.42 Å². The molecule has 1 aromatic rings. The fourth-order valence-electron chi connectivity index (χ4n) is 1.76. The molecule has 1 aliphatic rings. The molecule has 0 unspecified atom stereocenters. The average molecular weight is 213 g/mol. The molecule has 2 amide bonds. The topological polar surface area (TPSA) is 37.4 Å². The summed E-state index contributed by atoms with van der Waals surface area (Å²) < 4.78 is 0. The predicted molar refractivity (Wildman–Crippen MR) is 59.9 cm³/mol. The standard InChI is InChI=1S/C13H11NO2/c1-4-13(2,3)14-11(15)9-7-5-6-8-10(9)12(14)16/h1,5-8H,2-3H3. The van der Waals surface area contributed by atoms with E-state index >= 15 is 0 Å². The highest BCUT2D eigenvalue weighted by molar-refractivity contribution is 6.22. The number of rotatable bonds is 1. The first kappa shape index (κ1) is 10.4. The minimum absolute atomic E-state index is 0.316. The number of carbonyl (C=O) groups excluding carboxylic acids is 2. The van der Waals surface area contributed by atoms with Crippen LogP contribution < -0.4 is 0 Å². The molecule has 0 spiro atoms. The van der Waals surface area contributed by atoms with Gasteiger partial charge in [0, 0.05) is 0 Å². The van der Waals surface area contributed by atoms with E-state index < -0.39 is 5.54 Å². The van der Waals surface area contributed by atoms with Gasteiger partial charge >= 0.3 is 0 Å². The largest absolute Gasteiger partial charge is 0.269 e. The van der Waals surface area contributed by atoms with Crippen LogP contribution in [-0.2, 0) is 0 Å². The van der Waals surface area contributed by atoms with Crippen LogP contribution in [0.1, 0.15) is 34.6 Å². The van der Waals surface area contributed by atoms with Crippen molar-refractivity contribution >= 4 is 11.8 Å². The maximum absolute atomic E-state index is 12.0.